The molecule has 1 N–H and O–H groups in total. The molecule has 5 heteroatoms. The maximum atomic E-state index is 12.3. The third-order valence-electron chi connectivity index (χ3n) is 3.61. The van der Waals surface area contributed by atoms with Crippen LogP contribution < -0.4 is 5.56 Å². The van der Waals surface area contributed by atoms with Crippen LogP contribution in [0.3, 0.4) is 0 Å². The zero-order valence-electron chi connectivity index (χ0n) is 11.3. The lowest BCUT2D eigenvalue weighted by Crippen LogP contribution is -2.26. The Kier molecular flexibility index (Phi) is 3.44. The number of amides is 1. The molecule has 0 radical (unpaired) electrons. The molecule has 1 fully saturated rings. The highest BCUT2D eigenvalue weighted by Crippen LogP contribution is 2.30. The van der Waals surface area contributed by atoms with Gasteiger partial charge < -0.3 is 9.88 Å². The second-order valence-corrected chi connectivity index (χ2v) is 6.14. The predicted molar refractivity (Wildman–Crippen MR) is 80.3 cm³/mol. The molecule has 0 spiro atoms. The van der Waals surface area contributed by atoms with Crippen LogP contribution in [0.4, 0.5) is 0 Å². The Morgan fingerprint density at radius 3 is 2.75 bits per heavy atom. The molecule has 0 aliphatic carbocycles. The fourth-order valence-corrected chi connectivity index (χ4v) is 3.57. The molecule has 1 saturated heterocycles. The Hall–Kier alpha value is -1.88. The number of pyridine rings is 1. The van der Waals surface area contributed by atoms with E-state index in [1.54, 1.807) is 12.3 Å². The van der Waals surface area contributed by atoms with Crippen molar-refractivity contribution in [2.45, 2.75) is 19.8 Å². The monoisotopic (exact) mass is 288 g/mol. The lowest BCUT2D eigenvalue weighted by molar-refractivity contribution is 0.0797. The Labute approximate surface area is 121 Å². The second-order valence-electron chi connectivity index (χ2n) is 5.06. The summed E-state index contributed by atoms with van der Waals surface area (Å²) in [5.74, 6) is 0.126. The molecule has 104 valence electrons. The zero-order chi connectivity index (χ0) is 14.1. The number of thiophene rings is 1. The quantitative estimate of drug-likeness (QED) is 0.923. The number of likely N-dealkylation sites (tertiary alicyclic amines) is 1. The first-order valence-electron chi connectivity index (χ1n) is 6.74. The number of carbonyl (C=O) groups is 1. The first-order valence-corrected chi connectivity index (χ1v) is 7.55. The lowest BCUT2D eigenvalue weighted by atomic mass is 10.1. The number of H-pyrrole nitrogens is 1. The van der Waals surface area contributed by atoms with Gasteiger partial charge in [-0.05, 0) is 37.5 Å². The summed E-state index contributed by atoms with van der Waals surface area (Å²) < 4.78 is 0. The fourth-order valence-electron chi connectivity index (χ4n) is 2.51. The largest absolute Gasteiger partial charge is 0.338 e. The number of aromatic amines is 1. The smallest absolute Gasteiger partial charge is 0.263 e. The van der Waals surface area contributed by atoms with Gasteiger partial charge in [-0.2, -0.15) is 0 Å². The van der Waals surface area contributed by atoms with Crippen LogP contribution in [0.5, 0.6) is 0 Å². The van der Waals surface area contributed by atoms with Crippen LogP contribution in [-0.4, -0.2) is 28.9 Å². The molecule has 20 heavy (non-hydrogen) atoms. The van der Waals surface area contributed by atoms with Crippen molar-refractivity contribution in [2.75, 3.05) is 13.1 Å². The predicted octanol–water partition coefficient (Wildman–Crippen LogP) is 2.65. The van der Waals surface area contributed by atoms with Crippen LogP contribution in [0.1, 0.15) is 28.1 Å². The van der Waals surface area contributed by atoms with E-state index < -0.39 is 0 Å². The minimum absolute atomic E-state index is 0.101. The molecule has 4 nitrogen and oxygen atoms in total. The minimum atomic E-state index is -0.101. The second kappa shape index (κ2) is 5.25. The molecule has 3 heterocycles. The van der Waals surface area contributed by atoms with Crippen molar-refractivity contribution in [3.05, 3.63) is 45.2 Å². The van der Waals surface area contributed by atoms with Gasteiger partial charge >= 0.3 is 0 Å². The molecule has 2 aromatic rings. The summed E-state index contributed by atoms with van der Waals surface area (Å²) in [7, 11) is 0. The van der Waals surface area contributed by atoms with Gasteiger partial charge in [-0.25, -0.2) is 0 Å². The van der Waals surface area contributed by atoms with Crippen LogP contribution in [0.2, 0.25) is 0 Å². The van der Waals surface area contributed by atoms with Gasteiger partial charge in [-0.1, -0.05) is 0 Å². The molecular formula is C15H16N2O2S. The highest BCUT2D eigenvalue weighted by Gasteiger charge is 2.21. The standard InChI is InChI=1S/C15H16N2O2S/c1-10-8-14(18)16-9-11(10)12-4-5-13(20-12)15(19)17-6-2-3-7-17/h4-5,8-9H,2-3,6-7H2,1H3,(H,16,18). The first kappa shape index (κ1) is 13.1. The molecular weight excluding hydrogens is 272 g/mol. The topological polar surface area (TPSA) is 53.2 Å². The normalized spacial score (nSPS) is 14.8. The first-order chi connectivity index (χ1) is 9.65. The molecule has 1 aliphatic rings. The Morgan fingerprint density at radius 2 is 2.05 bits per heavy atom. The van der Waals surface area contributed by atoms with E-state index in [4.69, 9.17) is 0 Å². The van der Waals surface area contributed by atoms with Crippen molar-refractivity contribution in [3.63, 3.8) is 0 Å². The summed E-state index contributed by atoms with van der Waals surface area (Å²) in [6, 6.07) is 5.41. The average Bonchev–Trinajstić information content (AvgIpc) is 3.09. The Bertz CT molecular complexity index is 696. The van der Waals surface area contributed by atoms with E-state index in [1.807, 2.05) is 24.0 Å². The summed E-state index contributed by atoms with van der Waals surface area (Å²) in [5.41, 5.74) is 1.81. The molecule has 0 aromatic carbocycles. The number of nitrogens with one attached hydrogen (secondary N) is 1. The summed E-state index contributed by atoms with van der Waals surface area (Å²) in [4.78, 5) is 29.9. The van der Waals surface area contributed by atoms with E-state index in [0.29, 0.717) is 0 Å². The molecule has 0 saturated carbocycles. The molecule has 2 aromatic heterocycles. The van der Waals surface area contributed by atoms with Crippen molar-refractivity contribution in [1.29, 1.82) is 0 Å². The van der Waals surface area contributed by atoms with Crippen LogP contribution in [0.15, 0.2) is 29.2 Å². The molecule has 0 atom stereocenters. The Morgan fingerprint density at radius 1 is 1.30 bits per heavy atom. The van der Waals surface area contributed by atoms with E-state index in [1.165, 1.54) is 11.3 Å². The maximum Gasteiger partial charge on any atom is 0.263 e. The van der Waals surface area contributed by atoms with Crippen molar-refractivity contribution in [3.8, 4) is 10.4 Å². The third-order valence-corrected chi connectivity index (χ3v) is 4.71. The van der Waals surface area contributed by atoms with Crippen molar-refractivity contribution in [2.24, 2.45) is 0 Å². The number of aryl methyl sites for hydroxylation is 1. The van der Waals surface area contributed by atoms with Crippen LogP contribution in [0, 0.1) is 6.92 Å². The van der Waals surface area contributed by atoms with E-state index in [9.17, 15) is 9.59 Å². The van der Waals surface area contributed by atoms with Crippen molar-refractivity contribution < 1.29 is 4.79 Å². The highest BCUT2D eigenvalue weighted by atomic mass is 32.1. The SMILES string of the molecule is Cc1cc(=O)[nH]cc1-c1ccc(C(=O)N2CCCC2)s1. The van der Waals surface area contributed by atoms with Gasteiger partial charge in [0.2, 0.25) is 5.56 Å². The number of aromatic nitrogens is 1. The summed E-state index contributed by atoms with van der Waals surface area (Å²) in [6.07, 6.45) is 3.92. The van der Waals surface area contributed by atoms with Crippen LogP contribution >= 0.6 is 11.3 Å². The number of carbonyl (C=O) groups excluding carboxylic acids is 1. The van der Waals surface area contributed by atoms with E-state index in [2.05, 4.69) is 4.98 Å². The van der Waals surface area contributed by atoms with Crippen LogP contribution in [-0.2, 0) is 0 Å². The van der Waals surface area contributed by atoms with Gasteiger partial charge in [0.1, 0.15) is 0 Å². The number of rotatable bonds is 2. The Balaban J connectivity index is 1.89. The molecule has 0 unspecified atom stereocenters. The summed E-state index contributed by atoms with van der Waals surface area (Å²) in [5, 5.41) is 0. The molecule has 1 amide bonds. The molecule has 3 rings (SSSR count). The van der Waals surface area contributed by atoms with Gasteiger partial charge in [0.25, 0.3) is 5.91 Å². The van der Waals surface area contributed by atoms with Crippen LogP contribution in [0.25, 0.3) is 10.4 Å². The summed E-state index contributed by atoms with van der Waals surface area (Å²) in [6.45, 7) is 3.64. The maximum absolute atomic E-state index is 12.3. The number of hydrogen-bond acceptors (Lipinski definition) is 3. The van der Waals surface area contributed by atoms with Crippen molar-refractivity contribution >= 4 is 17.2 Å². The van der Waals surface area contributed by atoms with Crippen molar-refractivity contribution in [1.82, 2.24) is 9.88 Å². The van der Waals surface area contributed by atoms with Gasteiger partial charge in [0.15, 0.2) is 0 Å². The highest BCUT2D eigenvalue weighted by molar-refractivity contribution is 7.17. The van der Waals surface area contributed by atoms with Gasteiger partial charge in [0, 0.05) is 35.8 Å². The van der Waals surface area contributed by atoms with E-state index in [0.717, 1.165) is 46.8 Å². The van der Waals surface area contributed by atoms with E-state index in [-0.39, 0.29) is 11.5 Å². The van der Waals surface area contributed by atoms with E-state index >= 15 is 0 Å². The zero-order valence-corrected chi connectivity index (χ0v) is 12.1. The summed E-state index contributed by atoms with van der Waals surface area (Å²) >= 11 is 1.49. The number of hydrogen-bond donors (Lipinski definition) is 1. The minimum Gasteiger partial charge on any atom is -0.338 e. The van der Waals surface area contributed by atoms with Gasteiger partial charge in [-0.15, -0.1) is 11.3 Å². The fraction of sp³-hybridized carbons (Fsp3) is 0.333. The van der Waals surface area contributed by atoms with Gasteiger partial charge in [0.05, 0.1) is 4.88 Å². The molecule has 1 aliphatic heterocycles. The number of nitrogens with zero attached hydrogens (tertiary/aromatic N) is 1. The average molecular weight is 288 g/mol. The molecule has 0 bridgehead atoms. The lowest BCUT2D eigenvalue weighted by Gasteiger charge is -2.13. The third kappa shape index (κ3) is 2.41. The van der Waals surface area contributed by atoms with Gasteiger partial charge in [-0.3, -0.25) is 9.59 Å².